The Kier molecular flexibility index (Phi) is 3.24. The molecule has 2 rings (SSSR count). The van der Waals surface area contributed by atoms with E-state index in [9.17, 15) is 0 Å². The summed E-state index contributed by atoms with van der Waals surface area (Å²) in [6, 6.07) is 8.65. The predicted molar refractivity (Wildman–Crippen MR) is 63.0 cm³/mol. The lowest BCUT2D eigenvalue weighted by Crippen LogP contribution is -2.18. The summed E-state index contributed by atoms with van der Waals surface area (Å²) in [7, 11) is 0. The summed E-state index contributed by atoms with van der Waals surface area (Å²) in [5.74, 6) is 0.705. The van der Waals surface area contributed by atoms with Gasteiger partial charge in [0.2, 0.25) is 0 Å². The van der Waals surface area contributed by atoms with E-state index in [0.29, 0.717) is 5.92 Å². The molecule has 0 amide bonds. The second-order valence-electron chi connectivity index (χ2n) is 4.12. The van der Waals surface area contributed by atoms with Crippen molar-refractivity contribution >= 4 is 15.9 Å². The van der Waals surface area contributed by atoms with E-state index < -0.39 is 0 Å². The average Bonchev–Trinajstić information content (AvgIpc) is 2.71. The Bertz CT molecular complexity index is 288. The molecule has 0 heterocycles. The number of hydrogen-bond acceptors (Lipinski definition) is 1. The molecule has 1 fully saturated rings. The van der Waals surface area contributed by atoms with E-state index in [1.54, 1.807) is 0 Å². The van der Waals surface area contributed by atoms with Crippen molar-refractivity contribution in [2.75, 3.05) is 0 Å². The molecule has 0 saturated heterocycles. The maximum absolute atomic E-state index is 6.24. The fourth-order valence-corrected chi connectivity index (χ4v) is 2.54. The second-order valence-corrected chi connectivity index (χ2v) is 5.04. The third-order valence-corrected chi connectivity index (χ3v) is 3.69. The van der Waals surface area contributed by atoms with Gasteiger partial charge in [0, 0.05) is 10.5 Å². The smallest absolute Gasteiger partial charge is 0.0323 e. The lowest BCUT2D eigenvalue weighted by atomic mass is 9.93. The SMILES string of the molecule is N[C@H](c1ccc(Br)cc1)C1CCCC1. The standard InChI is InChI=1S/C12H16BrN/c13-11-7-5-10(6-8-11)12(14)9-3-1-2-4-9/h5-9,12H,1-4,14H2/t12-/m0/s1. The Morgan fingerprint density at radius 3 is 2.29 bits per heavy atom. The zero-order chi connectivity index (χ0) is 9.97. The molecule has 1 nitrogen and oxygen atoms in total. The van der Waals surface area contributed by atoms with Crippen LogP contribution in [0.5, 0.6) is 0 Å². The zero-order valence-electron chi connectivity index (χ0n) is 8.25. The number of benzene rings is 1. The first-order valence-corrected chi connectivity index (χ1v) is 6.08. The van der Waals surface area contributed by atoms with Crippen LogP contribution in [0.2, 0.25) is 0 Å². The minimum Gasteiger partial charge on any atom is -0.324 e. The highest BCUT2D eigenvalue weighted by atomic mass is 79.9. The van der Waals surface area contributed by atoms with E-state index in [2.05, 4.69) is 40.2 Å². The van der Waals surface area contributed by atoms with Crippen LogP contribution in [0.3, 0.4) is 0 Å². The lowest BCUT2D eigenvalue weighted by Gasteiger charge is -2.19. The van der Waals surface area contributed by atoms with Gasteiger partial charge in [-0.2, -0.15) is 0 Å². The van der Waals surface area contributed by atoms with Gasteiger partial charge in [0.15, 0.2) is 0 Å². The highest BCUT2D eigenvalue weighted by molar-refractivity contribution is 9.10. The van der Waals surface area contributed by atoms with Crippen molar-refractivity contribution in [3.63, 3.8) is 0 Å². The Hall–Kier alpha value is -0.340. The number of halogens is 1. The van der Waals surface area contributed by atoms with Crippen LogP contribution in [0.25, 0.3) is 0 Å². The number of nitrogens with two attached hydrogens (primary N) is 1. The van der Waals surface area contributed by atoms with Crippen LogP contribution in [-0.4, -0.2) is 0 Å². The quantitative estimate of drug-likeness (QED) is 0.856. The van der Waals surface area contributed by atoms with Gasteiger partial charge in [0.05, 0.1) is 0 Å². The Labute approximate surface area is 93.8 Å². The first-order valence-electron chi connectivity index (χ1n) is 5.28. The van der Waals surface area contributed by atoms with Gasteiger partial charge >= 0.3 is 0 Å². The van der Waals surface area contributed by atoms with Gasteiger partial charge in [-0.05, 0) is 36.5 Å². The Morgan fingerprint density at radius 1 is 1.14 bits per heavy atom. The first kappa shape index (κ1) is 10.2. The minimum atomic E-state index is 0.241. The molecule has 0 spiro atoms. The lowest BCUT2D eigenvalue weighted by molar-refractivity contribution is 0.445. The summed E-state index contributed by atoms with van der Waals surface area (Å²) in [5.41, 5.74) is 7.51. The van der Waals surface area contributed by atoms with Crippen molar-refractivity contribution in [1.29, 1.82) is 0 Å². The van der Waals surface area contributed by atoms with Crippen molar-refractivity contribution in [2.45, 2.75) is 31.7 Å². The Morgan fingerprint density at radius 2 is 1.71 bits per heavy atom. The summed E-state index contributed by atoms with van der Waals surface area (Å²) in [5, 5.41) is 0. The fraction of sp³-hybridized carbons (Fsp3) is 0.500. The maximum atomic E-state index is 6.24. The molecule has 1 aliphatic carbocycles. The molecule has 0 aliphatic heterocycles. The van der Waals surface area contributed by atoms with Gasteiger partial charge in [-0.1, -0.05) is 40.9 Å². The third-order valence-electron chi connectivity index (χ3n) is 3.16. The molecule has 2 N–H and O–H groups in total. The molecule has 1 saturated carbocycles. The van der Waals surface area contributed by atoms with E-state index >= 15 is 0 Å². The van der Waals surface area contributed by atoms with Crippen LogP contribution in [0.4, 0.5) is 0 Å². The molecule has 0 bridgehead atoms. The molecule has 1 aromatic carbocycles. The van der Waals surface area contributed by atoms with Crippen molar-refractivity contribution in [3.05, 3.63) is 34.3 Å². The minimum absolute atomic E-state index is 0.241. The van der Waals surface area contributed by atoms with Crippen molar-refractivity contribution in [1.82, 2.24) is 0 Å². The molecule has 14 heavy (non-hydrogen) atoms. The fourth-order valence-electron chi connectivity index (χ4n) is 2.27. The average molecular weight is 254 g/mol. The Balaban J connectivity index is 2.09. The number of rotatable bonds is 2. The molecule has 76 valence electrons. The topological polar surface area (TPSA) is 26.0 Å². The van der Waals surface area contributed by atoms with Gasteiger partial charge in [0.25, 0.3) is 0 Å². The normalized spacial score (nSPS) is 19.9. The van der Waals surface area contributed by atoms with Crippen LogP contribution in [0.15, 0.2) is 28.7 Å². The molecule has 0 aromatic heterocycles. The summed E-state index contributed by atoms with van der Waals surface area (Å²) in [6.45, 7) is 0. The van der Waals surface area contributed by atoms with Crippen molar-refractivity contribution < 1.29 is 0 Å². The third kappa shape index (κ3) is 2.18. The molecule has 1 aromatic rings. The van der Waals surface area contributed by atoms with Gasteiger partial charge in [-0.25, -0.2) is 0 Å². The number of hydrogen-bond donors (Lipinski definition) is 1. The van der Waals surface area contributed by atoms with Crippen LogP contribution >= 0.6 is 15.9 Å². The van der Waals surface area contributed by atoms with Crippen LogP contribution in [0, 0.1) is 5.92 Å². The molecule has 2 heteroatoms. The first-order chi connectivity index (χ1) is 6.77. The molecule has 0 radical (unpaired) electrons. The molecular formula is C12H16BrN. The van der Waals surface area contributed by atoms with Gasteiger partial charge in [0.1, 0.15) is 0 Å². The van der Waals surface area contributed by atoms with Crippen molar-refractivity contribution in [2.24, 2.45) is 11.7 Å². The molecule has 0 unspecified atom stereocenters. The zero-order valence-corrected chi connectivity index (χ0v) is 9.83. The summed E-state index contributed by atoms with van der Waals surface area (Å²) >= 11 is 3.44. The van der Waals surface area contributed by atoms with Crippen LogP contribution in [-0.2, 0) is 0 Å². The molecule has 1 atom stereocenters. The van der Waals surface area contributed by atoms with E-state index in [-0.39, 0.29) is 6.04 Å². The predicted octanol–water partition coefficient (Wildman–Crippen LogP) is 3.64. The van der Waals surface area contributed by atoms with Crippen LogP contribution < -0.4 is 5.73 Å². The van der Waals surface area contributed by atoms with Gasteiger partial charge in [-0.15, -0.1) is 0 Å². The van der Waals surface area contributed by atoms with Gasteiger partial charge in [-0.3, -0.25) is 0 Å². The molecular weight excluding hydrogens is 238 g/mol. The van der Waals surface area contributed by atoms with E-state index in [1.807, 2.05) is 0 Å². The monoisotopic (exact) mass is 253 g/mol. The summed E-state index contributed by atoms with van der Waals surface area (Å²) < 4.78 is 1.12. The van der Waals surface area contributed by atoms with Crippen molar-refractivity contribution in [3.8, 4) is 0 Å². The van der Waals surface area contributed by atoms with Gasteiger partial charge < -0.3 is 5.73 Å². The van der Waals surface area contributed by atoms with E-state index in [0.717, 1.165) is 4.47 Å². The summed E-state index contributed by atoms with van der Waals surface area (Å²) in [6.07, 6.45) is 5.32. The van der Waals surface area contributed by atoms with E-state index in [1.165, 1.54) is 31.2 Å². The highest BCUT2D eigenvalue weighted by Crippen LogP contribution is 2.34. The second kappa shape index (κ2) is 4.45. The molecule has 1 aliphatic rings. The van der Waals surface area contributed by atoms with E-state index in [4.69, 9.17) is 5.73 Å². The highest BCUT2D eigenvalue weighted by Gasteiger charge is 2.22. The largest absolute Gasteiger partial charge is 0.324 e. The summed E-state index contributed by atoms with van der Waals surface area (Å²) in [4.78, 5) is 0. The maximum Gasteiger partial charge on any atom is 0.0323 e. The van der Waals surface area contributed by atoms with Crippen LogP contribution in [0.1, 0.15) is 37.3 Å².